The van der Waals surface area contributed by atoms with Crippen LogP contribution in [-0.2, 0) is 4.84 Å². The summed E-state index contributed by atoms with van der Waals surface area (Å²) in [6.07, 6.45) is 3.78. The van der Waals surface area contributed by atoms with Gasteiger partial charge in [-0.25, -0.2) is 0 Å². The standard InChI is InChI=1S/C12H15Cl2NO/c1-3-4-9(8-15-16-2)11-6-5-10(13)7-12(11)14/h5-8,15H,3-4H2,1-2H3/b9-8+. The number of halogens is 2. The lowest BCUT2D eigenvalue weighted by Crippen LogP contribution is -2.03. The zero-order valence-corrected chi connectivity index (χ0v) is 10.9. The third-order valence-corrected chi connectivity index (χ3v) is 2.70. The maximum Gasteiger partial charge on any atom is 0.0636 e. The highest BCUT2D eigenvalue weighted by Crippen LogP contribution is 2.29. The first-order valence-electron chi connectivity index (χ1n) is 5.12. The van der Waals surface area contributed by atoms with Crippen LogP contribution in [0.3, 0.4) is 0 Å². The van der Waals surface area contributed by atoms with Gasteiger partial charge in [-0.05, 0) is 29.7 Å². The molecule has 1 aromatic rings. The fraction of sp³-hybridized carbons (Fsp3) is 0.333. The minimum Gasteiger partial charge on any atom is -0.280 e. The quantitative estimate of drug-likeness (QED) is 0.797. The summed E-state index contributed by atoms with van der Waals surface area (Å²) in [5, 5.41) is 1.30. The molecule has 0 fully saturated rings. The SMILES string of the molecule is CCC/C(=C\NOC)c1ccc(Cl)cc1Cl. The fourth-order valence-corrected chi connectivity index (χ4v) is 1.96. The Morgan fingerprint density at radius 2 is 2.19 bits per heavy atom. The monoisotopic (exact) mass is 259 g/mol. The minimum absolute atomic E-state index is 0.643. The molecular weight excluding hydrogens is 245 g/mol. The molecule has 0 amide bonds. The van der Waals surface area contributed by atoms with Gasteiger partial charge in [-0.2, -0.15) is 0 Å². The van der Waals surface area contributed by atoms with E-state index in [4.69, 9.17) is 28.0 Å². The molecule has 0 aliphatic heterocycles. The summed E-state index contributed by atoms with van der Waals surface area (Å²) >= 11 is 12.0. The lowest BCUT2D eigenvalue weighted by molar-refractivity contribution is 0.128. The Morgan fingerprint density at radius 1 is 1.44 bits per heavy atom. The number of nitrogens with one attached hydrogen (secondary N) is 1. The van der Waals surface area contributed by atoms with Gasteiger partial charge in [0.05, 0.1) is 7.11 Å². The molecule has 0 unspecified atom stereocenters. The van der Waals surface area contributed by atoms with E-state index in [1.165, 1.54) is 0 Å². The van der Waals surface area contributed by atoms with E-state index in [0.29, 0.717) is 10.0 Å². The Kier molecular flexibility index (Phi) is 5.67. The van der Waals surface area contributed by atoms with Crippen molar-refractivity contribution >= 4 is 28.8 Å². The first-order chi connectivity index (χ1) is 7.69. The number of rotatable bonds is 5. The molecule has 0 saturated carbocycles. The van der Waals surface area contributed by atoms with Crippen LogP contribution in [0.15, 0.2) is 24.4 Å². The second-order valence-corrected chi connectivity index (χ2v) is 4.21. The van der Waals surface area contributed by atoms with Crippen LogP contribution < -0.4 is 5.48 Å². The van der Waals surface area contributed by atoms with Crippen molar-refractivity contribution in [1.82, 2.24) is 5.48 Å². The van der Waals surface area contributed by atoms with E-state index in [0.717, 1.165) is 24.0 Å². The predicted molar refractivity (Wildman–Crippen MR) is 69.5 cm³/mol. The largest absolute Gasteiger partial charge is 0.280 e. The predicted octanol–water partition coefficient (Wildman–Crippen LogP) is 4.29. The molecule has 0 saturated heterocycles. The van der Waals surface area contributed by atoms with E-state index in [1.807, 2.05) is 18.3 Å². The van der Waals surface area contributed by atoms with E-state index >= 15 is 0 Å². The average Bonchev–Trinajstić information content (AvgIpc) is 2.25. The van der Waals surface area contributed by atoms with Gasteiger partial charge in [-0.3, -0.25) is 10.3 Å². The third-order valence-electron chi connectivity index (χ3n) is 2.15. The highest BCUT2D eigenvalue weighted by molar-refractivity contribution is 6.35. The van der Waals surface area contributed by atoms with Crippen molar-refractivity contribution < 1.29 is 4.84 Å². The van der Waals surface area contributed by atoms with Crippen molar-refractivity contribution in [1.29, 1.82) is 0 Å². The number of hydrogen-bond donors (Lipinski definition) is 1. The van der Waals surface area contributed by atoms with Crippen LogP contribution in [0.25, 0.3) is 5.57 Å². The molecule has 1 N–H and O–H groups in total. The van der Waals surface area contributed by atoms with Crippen molar-refractivity contribution in [3.63, 3.8) is 0 Å². The molecule has 0 atom stereocenters. The fourth-order valence-electron chi connectivity index (χ4n) is 1.43. The third kappa shape index (κ3) is 3.71. The molecule has 1 aromatic carbocycles. The average molecular weight is 260 g/mol. The molecule has 0 aliphatic rings. The highest BCUT2D eigenvalue weighted by Gasteiger charge is 2.06. The smallest absolute Gasteiger partial charge is 0.0636 e. The van der Waals surface area contributed by atoms with Gasteiger partial charge in [0.1, 0.15) is 0 Å². The van der Waals surface area contributed by atoms with Crippen LogP contribution in [0.5, 0.6) is 0 Å². The molecule has 0 spiro atoms. The first-order valence-corrected chi connectivity index (χ1v) is 5.87. The Labute approximate surface area is 106 Å². The second-order valence-electron chi connectivity index (χ2n) is 3.37. The zero-order valence-electron chi connectivity index (χ0n) is 9.39. The summed E-state index contributed by atoms with van der Waals surface area (Å²) in [4.78, 5) is 4.81. The highest BCUT2D eigenvalue weighted by atomic mass is 35.5. The Bertz CT molecular complexity index is 377. The van der Waals surface area contributed by atoms with Gasteiger partial charge >= 0.3 is 0 Å². The molecular formula is C12H15Cl2NO. The lowest BCUT2D eigenvalue weighted by atomic mass is 10.0. The summed E-state index contributed by atoms with van der Waals surface area (Å²) in [6.45, 7) is 2.12. The maximum atomic E-state index is 6.15. The summed E-state index contributed by atoms with van der Waals surface area (Å²) in [6, 6.07) is 5.50. The minimum atomic E-state index is 0.643. The van der Waals surface area contributed by atoms with E-state index in [-0.39, 0.29) is 0 Å². The van der Waals surface area contributed by atoms with Crippen molar-refractivity contribution in [3.8, 4) is 0 Å². The zero-order chi connectivity index (χ0) is 12.0. The van der Waals surface area contributed by atoms with Crippen LogP contribution >= 0.6 is 23.2 Å². The summed E-state index contributed by atoms with van der Waals surface area (Å²) in [5.41, 5.74) is 4.81. The topological polar surface area (TPSA) is 21.3 Å². The van der Waals surface area contributed by atoms with Gasteiger partial charge in [-0.15, -0.1) is 0 Å². The molecule has 1 rings (SSSR count). The van der Waals surface area contributed by atoms with E-state index in [9.17, 15) is 0 Å². The van der Waals surface area contributed by atoms with E-state index in [2.05, 4.69) is 12.4 Å². The Morgan fingerprint density at radius 3 is 2.75 bits per heavy atom. The number of allylic oxidation sites excluding steroid dienone is 1. The van der Waals surface area contributed by atoms with Crippen LogP contribution in [-0.4, -0.2) is 7.11 Å². The van der Waals surface area contributed by atoms with Crippen molar-refractivity contribution in [2.24, 2.45) is 0 Å². The summed E-state index contributed by atoms with van der Waals surface area (Å²) in [7, 11) is 1.57. The normalized spacial score (nSPS) is 11.6. The molecule has 88 valence electrons. The number of benzene rings is 1. The molecule has 0 heterocycles. The van der Waals surface area contributed by atoms with Crippen LogP contribution in [0.2, 0.25) is 10.0 Å². The maximum absolute atomic E-state index is 6.15. The molecule has 16 heavy (non-hydrogen) atoms. The molecule has 0 bridgehead atoms. The Hall–Kier alpha value is -0.700. The van der Waals surface area contributed by atoms with Gasteiger partial charge in [0.2, 0.25) is 0 Å². The van der Waals surface area contributed by atoms with Crippen molar-refractivity contribution in [2.75, 3.05) is 7.11 Å². The summed E-state index contributed by atoms with van der Waals surface area (Å²) < 4.78 is 0. The molecule has 0 aliphatic carbocycles. The molecule has 0 aromatic heterocycles. The first kappa shape index (κ1) is 13.4. The Balaban J connectivity index is 3.00. The van der Waals surface area contributed by atoms with Crippen LogP contribution in [0, 0.1) is 0 Å². The number of hydrogen-bond acceptors (Lipinski definition) is 2. The second kappa shape index (κ2) is 6.79. The van der Waals surface area contributed by atoms with Gasteiger partial charge in [-0.1, -0.05) is 42.6 Å². The molecule has 4 heteroatoms. The van der Waals surface area contributed by atoms with Crippen LogP contribution in [0.1, 0.15) is 25.3 Å². The van der Waals surface area contributed by atoms with E-state index < -0.39 is 0 Å². The molecule has 2 nitrogen and oxygen atoms in total. The van der Waals surface area contributed by atoms with Gasteiger partial charge in [0, 0.05) is 16.2 Å². The van der Waals surface area contributed by atoms with Crippen LogP contribution in [0.4, 0.5) is 0 Å². The van der Waals surface area contributed by atoms with Gasteiger partial charge in [0.15, 0.2) is 0 Å². The number of hydroxylamine groups is 1. The molecule has 0 radical (unpaired) electrons. The summed E-state index contributed by atoms with van der Waals surface area (Å²) in [5.74, 6) is 0. The lowest BCUT2D eigenvalue weighted by Gasteiger charge is -2.09. The van der Waals surface area contributed by atoms with Gasteiger partial charge in [0.25, 0.3) is 0 Å². The van der Waals surface area contributed by atoms with Crippen molar-refractivity contribution in [3.05, 3.63) is 40.0 Å². The van der Waals surface area contributed by atoms with E-state index in [1.54, 1.807) is 13.2 Å². The van der Waals surface area contributed by atoms with Gasteiger partial charge < -0.3 is 0 Å². The van der Waals surface area contributed by atoms with Crippen molar-refractivity contribution in [2.45, 2.75) is 19.8 Å².